The fourth-order valence-electron chi connectivity index (χ4n) is 4.31. The molecule has 0 amide bonds. The molecule has 1 aromatic rings. The van der Waals surface area contributed by atoms with E-state index in [1.807, 2.05) is 6.07 Å². The van der Waals surface area contributed by atoms with Crippen LogP contribution in [0.4, 0.5) is 0 Å². The molecule has 1 unspecified atom stereocenters. The Bertz CT molecular complexity index is 462. The molecular weight excluding hydrogens is 260 g/mol. The smallest absolute Gasteiger partial charge is 0.119 e. The molecule has 1 heterocycles. The number of benzene rings is 1. The second-order valence-corrected chi connectivity index (χ2v) is 6.67. The van der Waals surface area contributed by atoms with Crippen molar-refractivity contribution >= 4 is 0 Å². The number of methoxy groups -OCH3 is 1. The summed E-state index contributed by atoms with van der Waals surface area (Å²) in [4.78, 5) is 2.70. The van der Waals surface area contributed by atoms with E-state index in [0.29, 0.717) is 0 Å². The van der Waals surface area contributed by atoms with Gasteiger partial charge in [0.05, 0.1) is 7.11 Å². The summed E-state index contributed by atoms with van der Waals surface area (Å²) in [5.74, 6) is 0.932. The van der Waals surface area contributed by atoms with Crippen LogP contribution in [-0.2, 0) is 6.42 Å². The van der Waals surface area contributed by atoms with E-state index in [2.05, 4.69) is 23.1 Å². The van der Waals surface area contributed by atoms with E-state index in [9.17, 15) is 0 Å². The van der Waals surface area contributed by atoms with Crippen molar-refractivity contribution in [2.75, 3.05) is 20.2 Å². The maximum Gasteiger partial charge on any atom is 0.119 e. The molecule has 1 saturated carbocycles. The fraction of sp³-hybridized carbons (Fsp3) is 0.667. The molecule has 2 aliphatic rings. The van der Waals surface area contributed by atoms with Crippen molar-refractivity contribution in [2.24, 2.45) is 5.73 Å². The largest absolute Gasteiger partial charge is 0.497 e. The SMILES string of the molecule is COc1cccc(CC(N)C2(N3CCCC3)CCCC2)c1. The molecule has 3 rings (SSSR count). The van der Waals surface area contributed by atoms with Crippen LogP contribution >= 0.6 is 0 Å². The highest BCUT2D eigenvalue weighted by Crippen LogP contribution is 2.40. The van der Waals surface area contributed by atoms with Gasteiger partial charge in [-0.05, 0) is 62.9 Å². The van der Waals surface area contributed by atoms with Gasteiger partial charge in [0.1, 0.15) is 5.75 Å². The lowest BCUT2D eigenvalue weighted by Crippen LogP contribution is -2.58. The van der Waals surface area contributed by atoms with E-state index in [0.717, 1.165) is 12.2 Å². The Labute approximate surface area is 128 Å². The molecule has 1 saturated heterocycles. The summed E-state index contributed by atoms with van der Waals surface area (Å²) < 4.78 is 5.34. The Hall–Kier alpha value is -1.06. The molecule has 0 radical (unpaired) electrons. The third-order valence-electron chi connectivity index (χ3n) is 5.49. The maximum absolute atomic E-state index is 6.73. The fourth-order valence-corrected chi connectivity index (χ4v) is 4.31. The quantitative estimate of drug-likeness (QED) is 0.905. The van der Waals surface area contributed by atoms with E-state index in [1.54, 1.807) is 7.11 Å². The van der Waals surface area contributed by atoms with Gasteiger partial charge < -0.3 is 10.5 Å². The minimum atomic E-state index is 0.227. The maximum atomic E-state index is 6.73. The van der Waals surface area contributed by atoms with Crippen LogP contribution in [0.25, 0.3) is 0 Å². The highest BCUT2D eigenvalue weighted by atomic mass is 16.5. The molecular formula is C18H28N2O. The van der Waals surface area contributed by atoms with Crippen molar-refractivity contribution in [1.29, 1.82) is 0 Å². The van der Waals surface area contributed by atoms with Gasteiger partial charge >= 0.3 is 0 Å². The third-order valence-corrected chi connectivity index (χ3v) is 5.49. The standard InChI is InChI=1S/C18H28N2O/c1-21-16-8-6-7-15(13-16)14-17(19)18(9-2-3-10-18)20-11-4-5-12-20/h6-8,13,17H,2-5,9-12,14,19H2,1H3. The lowest BCUT2D eigenvalue weighted by Gasteiger charge is -2.43. The predicted molar refractivity (Wildman–Crippen MR) is 86.7 cm³/mol. The number of ether oxygens (including phenoxy) is 1. The second-order valence-electron chi connectivity index (χ2n) is 6.67. The van der Waals surface area contributed by atoms with Crippen LogP contribution in [0, 0.1) is 0 Å². The summed E-state index contributed by atoms with van der Waals surface area (Å²) in [7, 11) is 1.72. The zero-order valence-corrected chi connectivity index (χ0v) is 13.2. The van der Waals surface area contributed by atoms with Crippen molar-refractivity contribution in [3.63, 3.8) is 0 Å². The molecule has 116 valence electrons. The molecule has 1 aliphatic heterocycles. The number of hydrogen-bond donors (Lipinski definition) is 1. The number of nitrogens with two attached hydrogens (primary N) is 1. The van der Waals surface area contributed by atoms with E-state index in [1.165, 1.54) is 57.2 Å². The number of likely N-dealkylation sites (tertiary alicyclic amines) is 1. The Morgan fingerprint density at radius 2 is 1.90 bits per heavy atom. The van der Waals surface area contributed by atoms with Crippen LogP contribution in [0.15, 0.2) is 24.3 Å². The first kappa shape index (κ1) is 14.9. The predicted octanol–water partition coefficient (Wildman–Crippen LogP) is 2.97. The molecule has 1 aliphatic carbocycles. The summed E-state index contributed by atoms with van der Waals surface area (Å²) in [6, 6.07) is 8.60. The summed E-state index contributed by atoms with van der Waals surface area (Å²) in [6.45, 7) is 2.48. The van der Waals surface area contributed by atoms with Gasteiger partial charge in [-0.25, -0.2) is 0 Å². The topological polar surface area (TPSA) is 38.5 Å². The third kappa shape index (κ3) is 2.95. The molecule has 0 bridgehead atoms. The second kappa shape index (κ2) is 6.37. The Morgan fingerprint density at radius 1 is 1.19 bits per heavy atom. The van der Waals surface area contributed by atoms with Gasteiger partial charge in [-0.2, -0.15) is 0 Å². The summed E-state index contributed by atoms with van der Waals surface area (Å²) >= 11 is 0. The van der Waals surface area contributed by atoms with Crippen molar-refractivity contribution in [2.45, 2.75) is 56.5 Å². The zero-order valence-electron chi connectivity index (χ0n) is 13.2. The number of hydrogen-bond acceptors (Lipinski definition) is 3. The zero-order chi connectivity index (χ0) is 14.7. The van der Waals surface area contributed by atoms with Crippen LogP contribution in [0.2, 0.25) is 0 Å². The van der Waals surface area contributed by atoms with Gasteiger partial charge in [0.25, 0.3) is 0 Å². The molecule has 21 heavy (non-hydrogen) atoms. The van der Waals surface area contributed by atoms with E-state index in [4.69, 9.17) is 10.5 Å². The lowest BCUT2D eigenvalue weighted by atomic mass is 9.83. The van der Waals surface area contributed by atoms with Gasteiger partial charge in [0, 0.05) is 11.6 Å². The molecule has 3 nitrogen and oxygen atoms in total. The van der Waals surface area contributed by atoms with Crippen LogP contribution < -0.4 is 10.5 Å². The van der Waals surface area contributed by atoms with Crippen LogP contribution in [0.5, 0.6) is 5.75 Å². The van der Waals surface area contributed by atoms with Crippen LogP contribution in [-0.4, -0.2) is 36.7 Å². The van der Waals surface area contributed by atoms with Gasteiger partial charge in [0.15, 0.2) is 0 Å². The molecule has 2 N–H and O–H groups in total. The molecule has 0 spiro atoms. The van der Waals surface area contributed by atoms with Gasteiger partial charge in [-0.15, -0.1) is 0 Å². The average Bonchev–Trinajstić information content (AvgIpc) is 3.19. The molecule has 2 fully saturated rings. The van der Waals surface area contributed by atoms with E-state index in [-0.39, 0.29) is 11.6 Å². The van der Waals surface area contributed by atoms with Crippen LogP contribution in [0.3, 0.4) is 0 Å². The summed E-state index contributed by atoms with van der Waals surface area (Å²) in [6.07, 6.45) is 8.86. The van der Waals surface area contributed by atoms with Crippen molar-refractivity contribution in [3.05, 3.63) is 29.8 Å². The minimum absolute atomic E-state index is 0.227. The van der Waals surface area contributed by atoms with Crippen LogP contribution in [0.1, 0.15) is 44.1 Å². The molecule has 3 heteroatoms. The Morgan fingerprint density at radius 3 is 2.57 bits per heavy atom. The van der Waals surface area contributed by atoms with Crippen molar-refractivity contribution in [1.82, 2.24) is 4.90 Å². The Balaban J connectivity index is 1.76. The first-order chi connectivity index (χ1) is 10.2. The van der Waals surface area contributed by atoms with Gasteiger partial charge in [0.2, 0.25) is 0 Å². The first-order valence-corrected chi connectivity index (χ1v) is 8.38. The highest BCUT2D eigenvalue weighted by molar-refractivity contribution is 5.29. The summed E-state index contributed by atoms with van der Waals surface area (Å²) in [5.41, 5.74) is 8.28. The van der Waals surface area contributed by atoms with Crippen molar-refractivity contribution in [3.8, 4) is 5.75 Å². The van der Waals surface area contributed by atoms with Crippen molar-refractivity contribution < 1.29 is 4.74 Å². The monoisotopic (exact) mass is 288 g/mol. The molecule has 0 aromatic heterocycles. The molecule has 1 aromatic carbocycles. The first-order valence-electron chi connectivity index (χ1n) is 8.38. The van der Waals surface area contributed by atoms with E-state index < -0.39 is 0 Å². The highest BCUT2D eigenvalue weighted by Gasteiger charge is 2.44. The van der Waals surface area contributed by atoms with E-state index >= 15 is 0 Å². The minimum Gasteiger partial charge on any atom is -0.497 e. The van der Waals surface area contributed by atoms with Gasteiger partial charge in [-0.3, -0.25) is 4.90 Å². The molecule has 1 atom stereocenters. The van der Waals surface area contributed by atoms with Gasteiger partial charge in [-0.1, -0.05) is 25.0 Å². The lowest BCUT2D eigenvalue weighted by molar-refractivity contribution is 0.0921. The average molecular weight is 288 g/mol. The Kier molecular flexibility index (Phi) is 4.51. The summed E-state index contributed by atoms with van der Waals surface area (Å²) in [5, 5.41) is 0. The number of rotatable bonds is 5. The normalized spacial score (nSPS) is 23.3. The number of nitrogens with zero attached hydrogens (tertiary/aromatic N) is 1.